The summed E-state index contributed by atoms with van der Waals surface area (Å²) in [5.74, 6) is -1.63. The first-order chi connectivity index (χ1) is 9.34. The zero-order chi connectivity index (χ0) is 15.0. The largest absolute Gasteiger partial charge is 0.481 e. The predicted molar refractivity (Wildman–Crippen MR) is 76.4 cm³/mol. The average Bonchev–Trinajstić information content (AvgIpc) is 2.70. The van der Waals surface area contributed by atoms with Gasteiger partial charge in [0.1, 0.15) is 0 Å². The molecular weight excluding hydrogens is 254 g/mol. The maximum Gasteiger partial charge on any atom is 0.309 e. The molecule has 4 nitrogen and oxygen atoms in total. The summed E-state index contributed by atoms with van der Waals surface area (Å²) in [6.45, 7) is 7.86. The molecular formula is C16H21NO3. The molecule has 1 heterocycles. The minimum absolute atomic E-state index is 0.00300. The fraction of sp³-hybridized carbons (Fsp3) is 0.500. The third-order valence-corrected chi connectivity index (χ3v) is 4.20. The number of rotatable bonds is 3. The Balaban J connectivity index is 2.55. The molecule has 0 aromatic heterocycles. The van der Waals surface area contributed by atoms with Gasteiger partial charge in [0, 0.05) is 12.5 Å². The normalized spacial score (nSPS) is 22.6. The minimum Gasteiger partial charge on any atom is -0.481 e. The number of carboxylic acid groups (broad SMARTS) is 1. The molecule has 1 aromatic rings. The Labute approximate surface area is 119 Å². The van der Waals surface area contributed by atoms with E-state index in [1.54, 1.807) is 4.90 Å². The van der Waals surface area contributed by atoms with Crippen LogP contribution in [0.1, 0.15) is 43.0 Å². The van der Waals surface area contributed by atoms with Gasteiger partial charge in [-0.25, -0.2) is 0 Å². The first-order valence-corrected chi connectivity index (χ1v) is 6.94. The molecule has 0 spiro atoms. The van der Waals surface area contributed by atoms with Gasteiger partial charge in [0.05, 0.1) is 12.0 Å². The smallest absolute Gasteiger partial charge is 0.309 e. The molecule has 0 radical (unpaired) electrons. The Morgan fingerprint density at radius 2 is 2.00 bits per heavy atom. The lowest BCUT2D eigenvalue weighted by Crippen LogP contribution is -2.36. The van der Waals surface area contributed by atoms with Crippen molar-refractivity contribution in [3.63, 3.8) is 0 Å². The number of hydrogen-bond acceptors (Lipinski definition) is 2. The lowest BCUT2D eigenvalue weighted by molar-refractivity contribution is -0.142. The highest BCUT2D eigenvalue weighted by atomic mass is 16.4. The second-order valence-corrected chi connectivity index (χ2v) is 5.78. The van der Waals surface area contributed by atoms with E-state index in [-0.39, 0.29) is 24.4 Å². The number of benzene rings is 1. The Hall–Kier alpha value is -1.84. The number of carboxylic acids is 1. The van der Waals surface area contributed by atoms with Gasteiger partial charge in [0.15, 0.2) is 0 Å². The van der Waals surface area contributed by atoms with E-state index < -0.39 is 11.9 Å². The fourth-order valence-corrected chi connectivity index (χ4v) is 3.05. The number of aliphatic carboxylic acids is 1. The molecule has 1 N–H and O–H groups in total. The summed E-state index contributed by atoms with van der Waals surface area (Å²) >= 11 is 0. The van der Waals surface area contributed by atoms with Crippen LogP contribution in [0.15, 0.2) is 18.2 Å². The van der Waals surface area contributed by atoms with Crippen LogP contribution in [0.4, 0.5) is 0 Å². The number of nitrogens with zero attached hydrogens (tertiary/aromatic N) is 1. The topological polar surface area (TPSA) is 57.6 Å². The van der Waals surface area contributed by atoms with Gasteiger partial charge >= 0.3 is 5.97 Å². The Morgan fingerprint density at radius 1 is 1.35 bits per heavy atom. The van der Waals surface area contributed by atoms with Crippen LogP contribution >= 0.6 is 0 Å². The summed E-state index contributed by atoms with van der Waals surface area (Å²) in [6, 6.07) is 5.51. The van der Waals surface area contributed by atoms with Gasteiger partial charge in [-0.3, -0.25) is 9.59 Å². The maximum absolute atomic E-state index is 12.2. The number of carbonyl (C=O) groups is 2. The lowest BCUT2D eigenvalue weighted by atomic mass is 9.89. The van der Waals surface area contributed by atoms with Crippen molar-refractivity contribution >= 4 is 11.9 Å². The van der Waals surface area contributed by atoms with Gasteiger partial charge in [-0.1, -0.05) is 18.2 Å². The van der Waals surface area contributed by atoms with Crippen molar-refractivity contribution < 1.29 is 14.7 Å². The third-order valence-electron chi connectivity index (χ3n) is 4.20. The van der Waals surface area contributed by atoms with Crippen LogP contribution < -0.4 is 0 Å². The van der Waals surface area contributed by atoms with E-state index in [0.29, 0.717) is 0 Å². The van der Waals surface area contributed by atoms with E-state index in [2.05, 4.69) is 0 Å². The molecule has 20 heavy (non-hydrogen) atoms. The zero-order valence-electron chi connectivity index (χ0n) is 12.4. The molecule has 1 fully saturated rings. The van der Waals surface area contributed by atoms with E-state index in [1.807, 2.05) is 45.9 Å². The molecule has 0 saturated carbocycles. The molecule has 2 unspecified atom stereocenters. The van der Waals surface area contributed by atoms with E-state index in [9.17, 15) is 14.7 Å². The van der Waals surface area contributed by atoms with Crippen LogP contribution in [-0.4, -0.2) is 27.9 Å². The van der Waals surface area contributed by atoms with Gasteiger partial charge < -0.3 is 10.0 Å². The highest BCUT2D eigenvalue weighted by Gasteiger charge is 2.46. The molecule has 0 aliphatic carbocycles. The van der Waals surface area contributed by atoms with Crippen molar-refractivity contribution in [2.24, 2.45) is 5.92 Å². The molecule has 1 saturated heterocycles. The van der Waals surface area contributed by atoms with Gasteiger partial charge in [-0.15, -0.1) is 0 Å². The third kappa shape index (κ3) is 2.30. The summed E-state index contributed by atoms with van der Waals surface area (Å²) in [6.07, 6.45) is 0.0889. The van der Waals surface area contributed by atoms with Crippen molar-refractivity contribution in [1.29, 1.82) is 0 Å². The molecule has 1 aliphatic rings. The van der Waals surface area contributed by atoms with Crippen molar-refractivity contribution in [1.82, 2.24) is 4.90 Å². The van der Waals surface area contributed by atoms with Crippen LogP contribution in [0.5, 0.6) is 0 Å². The fourth-order valence-electron chi connectivity index (χ4n) is 3.05. The molecule has 108 valence electrons. The van der Waals surface area contributed by atoms with Crippen LogP contribution in [0.3, 0.4) is 0 Å². The van der Waals surface area contributed by atoms with Crippen LogP contribution in [-0.2, 0) is 9.59 Å². The molecule has 0 bridgehead atoms. The minimum atomic E-state index is -0.896. The summed E-state index contributed by atoms with van der Waals surface area (Å²) in [5.41, 5.74) is 3.15. The molecule has 2 rings (SSSR count). The highest BCUT2D eigenvalue weighted by molar-refractivity contribution is 5.87. The van der Waals surface area contributed by atoms with Gasteiger partial charge in [-0.2, -0.15) is 0 Å². The lowest BCUT2D eigenvalue weighted by Gasteiger charge is -2.32. The van der Waals surface area contributed by atoms with E-state index >= 15 is 0 Å². The van der Waals surface area contributed by atoms with Crippen molar-refractivity contribution in [3.8, 4) is 0 Å². The van der Waals surface area contributed by atoms with Crippen molar-refractivity contribution in [2.75, 3.05) is 0 Å². The number of likely N-dealkylation sites (tertiary alicyclic amines) is 1. The van der Waals surface area contributed by atoms with Gasteiger partial charge in [-0.05, 0) is 44.4 Å². The second kappa shape index (κ2) is 5.27. The van der Waals surface area contributed by atoms with E-state index in [0.717, 1.165) is 16.7 Å². The molecule has 1 aliphatic heterocycles. The zero-order valence-corrected chi connectivity index (χ0v) is 12.4. The predicted octanol–water partition coefficient (Wildman–Crippen LogP) is 2.69. The first kappa shape index (κ1) is 14.6. The molecule has 2 atom stereocenters. The first-order valence-electron chi connectivity index (χ1n) is 6.94. The van der Waals surface area contributed by atoms with Crippen molar-refractivity contribution in [3.05, 3.63) is 34.9 Å². The SMILES string of the molecule is Cc1cccc(C2C(C(=O)O)CC(=O)N2C(C)C)c1C. The Morgan fingerprint density at radius 3 is 2.55 bits per heavy atom. The number of carbonyl (C=O) groups excluding carboxylic acids is 1. The van der Waals surface area contributed by atoms with Crippen LogP contribution in [0.2, 0.25) is 0 Å². The molecule has 4 heteroatoms. The van der Waals surface area contributed by atoms with Crippen molar-refractivity contribution in [2.45, 2.75) is 46.2 Å². The second-order valence-electron chi connectivity index (χ2n) is 5.78. The summed E-state index contributed by atoms with van der Waals surface area (Å²) in [7, 11) is 0. The van der Waals surface area contributed by atoms with E-state index in [4.69, 9.17) is 0 Å². The number of hydrogen-bond donors (Lipinski definition) is 1. The standard InChI is InChI=1S/C16H21NO3/c1-9(2)17-14(18)8-13(16(19)20)15(17)12-7-5-6-10(3)11(12)4/h5-7,9,13,15H,8H2,1-4H3,(H,19,20). The maximum atomic E-state index is 12.2. The molecule has 1 aromatic carbocycles. The highest BCUT2D eigenvalue weighted by Crippen LogP contribution is 2.41. The number of aryl methyl sites for hydroxylation is 1. The Kier molecular flexibility index (Phi) is 3.84. The molecule has 1 amide bonds. The van der Waals surface area contributed by atoms with Gasteiger partial charge in [0.2, 0.25) is 5.91 Å². The summed E-state index contributed by atoms with van der Waals surface area (Å²) in [4.78, 5) is 25.4. The van der Waals surface area contributed by atoms with E-state index in [1.165, 1.54) is 0 Å². The van der Waals surface area contributed by atoms with Gasteiger partial charge in [0.25, 0.3) is 0 Å². The monoisotopic (exact) mass is 275 g/mol. The van der Waals surface area contributed by atoms with Crippen LogP contribution in [0, 0.1) is 19.8 Å². The Bertz CT molecular complexity index is 551. The summed E-state index contributed by atoms with van der Waals surface area (Å²) < 4.78 is 0. The average molecular weight is 275 g/mol. The van der Waals surface area contributed by atoms with Crippen LogP contribution in [0.25, 0.3) is 0 Å². The summed E-state index contributed by atoms with van der Waals surface area (Å²) in [5, 5.41) is 9.44. The quantitative estimate of drug-likeness (QED) is 0.922. The number of amides is 1.